The summed E-state index contributed by atoms with van der Waals surface area (Å²) in [7, 11) is 0. The molecule has 1 aromatic carbocycles. The second-order valence-electron chi connectivity index (χ2n) is 7.68. The molecule has 2 saturated heterocycles. The van der Waals surface area contributed by atoms with Crippen molar-refractivity contribution in [1.82, 2.24) is 20.0 Å². The quantitative estimate of drug-likeness (QED) is 0.878. The maximum Gasteiger partial charge on any atom is 0.274 e. The van der Waals surface area contributed by atoms with Crippen molar-refractivity contribution in [2.75, 3.05) is 26.2 Å². The molecule has 2 aliphatic rings. The third-order valence-corrected chi connectivity index (χ3v) is 5.54. The van der Waals surface area contributed by atoms with E-state index >= 15 is 0 Å². The topological polar surface area (TPSA) is 78.5 Å². The number of likely N-dealkylation sites (tertiary alicyclic amines) is 1. The number of morpholine rings is 1. The van der Waals surface area contributed by atoms with E-state index in [1.165, 1.54) is 0 Å². The summed E-state index contributed by atoms with van der Waals surface area (Å²) in [5.74, 6) is 0.128. The number of hydrogen-bond donors (Lipinski definition) is 1. The Morgan fingerprint density at radius 2 is 1.74 bits per heavy atom. The zero-order valence-corrected chi connectivity index (χ0v) is 15.9. The van der Waals surface area contributed by atoms with Crippen LogP contribution in [0.2, 0.25) is 0 Å². The number of carbonyl (C=O) groups excluding carboxylic acids is 2. The first-order valence-corrected chi connectivity index (χ1v) is 9.69. The van der Waals surface area contributed by atoms with E-state index in [-0.39, 0.29) is 29.9 Å². The van der Waals surface area contributed by atoms with Gasteiger partial charge in [-0.2, -0.15) is 5.10 Å². The van der Waals surface area contributed by atoms with Crippen LogP contribution in [0.4, 0.5) is 0 Å². The number of benzene rings is 1. The summed E-state index contributed by atoms with van der Waals surface area (Å²) in [6.45, 7) is 6.50. The molecule has 0 bridgehead atoms. The number of carbonyl (C=O) groups is 2. The van der Waals surface area contributed by atoms with Gasteiger partial charge in [-0.05, 0) is 32.8 Å². The number of aromatic amines is 1. The van der Waals surface area contributed by atoms with Crippen molar-refractivity contribution in [3.05, 3.63) is 30.0 Å². The van der Waals surface area contributed by atoms with Gasteiger partial charge in [0.2, 0.25) is 5.91 Å². The minimum atomic E-state index is -0.0630. The summed E-state index contributed by atoms with van der Waals surface area (Å²) in [5.41, 5.74) is 1.33. The summed E-state index contributed by atoms with van der Waals surface area (Å²) in [6.07, 6.45) is 1.56. The predicted octanol–water partition coefficient (Wildman–Crippen LogP) is 2.05. The standard InChI is InChI=1S/C20H26N4O3/c1-13-11-24(12-14(2)27-13)19(25)15-7-9-23(10-8-15)20(26)18-16-5-3-4-6-17(16)21-22-18/h3-6,13-15H,7-12H2,1-2H3,(H,21,22). The Morgan fingerprint density at radius 1 is 1.07 bits per heavy atom. The summed E-state index contributed by atoms with van der Waals surface area (Å²) in [4.78, 5) is 29.5. The molecule has 4 rings (SSSR count). The lowest BCUT2D eigenvalue weighted by Crippen LogP contribution is -2.51. The normalized spacial score (nSPS) is 24.4. The number of ether oxygens (including phenoxy) is 1. The third kappa shape index (κ3) is 3.56. The van der Waals surface area contributed by atoms with Gasteiger partial charge in [0.25, 0.3) is 5.91 Å². The molecule has 0 saturated carbocycles. The Balaban J connectivity index is 1.38. The van der Waals surface area contributed by atoms with Crippen molar-refractivity contribution in [2.24, 2.45) is 5.92 Å². The Hall–Kier alpha value is -2.41. The van der Waals surface area contributed by atoms with Crippen LogP contribution in [0.25, 0.3) is 10.9 Å². The molecule has 2 fully saturated rings. The maximum absolute atomic E-state index is 12.9. The van der Waals surface area contributed by atoms with E-state index in [0.29, 0.717) is 44.7 Å². The summed E-state index contributed by atoms with van der Waals surface area (Å²) >= 11 is 0. The van der Waals surface area contributed by atoms with E-state index in [4.69, 9.17) is 4.74 Å². The Kier molecular flexibility index (Phi) is 4.86. The molecule has 27 heavy (non-hydrogen) atoms. The fraction of sp³-hybridized carbons (Fsp3) is 0.550. The fourth-order valence-electron chi connectivity index (χ4n) is 4.22. The summed E-state index contributed by atoms with van der Waals surface area (Å²) < 4.78 is 5.72. The molecule has 2 aromatic rings. The van der Waals surface area contributed by atoms with Crippen LogP contribution in [-0.2, 0) is 9.53 Å². The zero-order valence-electron chi connectivity index (χ0n) is 15.9. The highest BCUT2D eigenvalue weighted by Crippen LogP contribution is 2.24. The minimum Gasteiger partial charge on any atom is -0.372 e. The van der Waals surface area contributed by atoms with E-state index in [0.717, 1.165) is 10.9 Å². The molecule has 7 heteroatoms. The van der Waals surface area contributed by atoms with Crippen molar-refractivity contribution >= 4 is 22.7 Å². The van der Waals surface area contributed by atoms with Crippen LogP contribution in [0.3, 0.4) is 0 Å². The van der Waals surface area contributed by atoms with Gasteiger partial charge in [0.15, 0.2) is 5.69 Å². The number of hydrogen-bond acceptors (Lipinski definition) is 4. The number of rotatable bonds is 2. The van der Waals surface area contributed by atoms with E-state index in [1.54, 1.807) is 0 Å². The number of H-pyrrole nitrogens is 1. The van der Waals surface area contributed by atoms with Crippen LogP contribution >= 0.6 is 0 Å². The molecule has 1 N–H and O–H groups in total. The Labute approximate surface area is 158 Å². The van der Waals surface area contributed by atoms with Gasteiger partial charge in [0.1, 0.15) is 0 Å². The lowest BCUT2D eigenvalue weighted by atomic mass is 9.94. The van der Waals surface area contributed by atoms with Crippen molar-refractivity contribution in [3.63, 3.8) is 0 Å². The molecule has 0 radical (unpaired) electrons. The number of para-hydroxylation sites is 1. The van der Waals surface area contributed by atoms with Gasteiger partial charge >= 0.3 is 0 Å². The van der Waals surface area contributed by atoms with Gasteiger partial charge in [-0.25, -0.2) is 0 Å². The first-order valence-electron chi connectivity index (χ1n) is 9.69. The Bertz CT molecular complexity index is 831. The number of fused-ring (bicyclic) bond motifs is 1. The van der Waals surface area contributed by atoms with Crippen LogP contribution in [-0.4, -0.2) is 70.2 Å². The maximum atomic E-state index is 12.9. The van der Waals surface area contributed by atoms with Crippen LogP contribution in [0.1, 0.15) is 37.2 Å². The lowest BCUT2D eigenvalue weighted by molar-refractivity contribution is -0.148. The molecule has 3 heterocycles. The molecule has 7 nitrogen and oxygen atoms in total. The number of nitrogens with one attached hydrogen (secondary N) is 1. The molecular formula is C20H26N4O3. The third-order valence-electron chi connectivity index (χ3n) is 5.54. The molecule has 2 amide bonds. The van der Waals surface area contributed by atoms with Gasteiger partial charge in [-0.3, -0.25) is 14.7 Å². The van der Waals surface area contributed by atoms with E-state index in [1.807, 2.05) is 47.9 Å². The van der Waals surface area contributed by atoms with Gasteiger partial charge in [-0.15, -0.1) is 0 Å². The van der Waals surface area contributed by atoms with Crippen molar-refractivity contribution in [2.45, 2.75) is 38.9 Å². The molecule has 2 atom stereocenters. The molecule has 2 aliphatic heterocycles. The average Bonchev–Trinajstić information content (AvgIpc) is 3.10. The second-order valence-corrected chi connectivity index (χ2v) is 7.68. The van der Waals surface area contributed by atoms with Crippen molar-refractivity contribution in [3.8, 4) is 0 Å². The SMILES string of the molecule is CC1CN(C(=O)C2CCN(C(=O)c3n[nH]c4ccccc34)CC2)CC(C)O1. The van der Waals surface area contributed by atoms with Gasteiger partial charge < -0.3 is 14.5 Å². The molecular weight excluding hydrogens is 344 g/mol. The smallest absolute Gasteiger partial charge is 0.274 e. The highest BCUT2D eigenvalue weighted by molar-refractivity contribution is 6.04. The highest BCUT2D eigenvalue weighted by Gasteiger charge is 2.34. The number of nitrogens with zero attached hydrogens (tertiary/aromatic N) is 3. The second kappa shape index (κ2) is 7.31. The van der Waals surface area contributed by atoms with Crippen LogP contribution < -0.4 is 0 Å². The van der Waals surface area contributed by atoms with E-state index in [9.17, 15) is 9.59 Å². The summed E-state index contributed by atoms with van der Waals surface area (Å²) in [6, 6.07) is 7.64. The van der Waals surface area contributed by atoms with Crippen LogP contribution in [0, 0.1) is 5.92 Å². The first kappa shape index (κ1) is 18.0. The number of piperidine rings is 1. The largest absolute Gasteiger partial charge is 0.372 e. The van der Waals surface area contributed by atoms with Crippen molar-refractivity contribution in [1.29, 1.82) is 0 Å². The zero-order chi connectivity index (χ0) is 19.0. The summed E-state index contributed by atoms with van der Waals surface area (Å²) in [5, 5.41) is 7.97. The molecule has 0 aliphatic carbocycles. The van der Waals surface area contributed by atoms with E-state index < -0.39 is 0 Å². The van der Waals surface area contributed by atoms with Crippen molar-refractivity contribution < 1.29 is 14.3 Å². The van der Waals surface area contributed by atoms with E-state index in [2.05, 4.69) is 10.2 Å². The highest BCUT2D eigenvalue weighted by atomic mass is 16.5. The van der Waals surface area contributed by atoms with Gasteiger partial charge in [0.05, 0.1) is 17.7 Å². The lowest BCUT2D eigenvalue weighted by Gasteiger charge is -2.39. The van der Waals surface area contributed by atoms with Gasteiger partial charge in [0, 0.05) is 37.5 Å². The van der Waals surface area contributed by atoms with Gasteiger partial charge in [-0.1, -0.05) is 18.2 Å². The van der Waals surface area contributed by atoms with Crippen LogP contribution in [0.5, 0.6) is 0 Å². The predicted molar refractivity (Wildman–Crippen MR) is 101 cm³/mol. The average molecular weight is 370 g/mol. The molecule has 2 unspecified atom stereocenters. The molecule has 1 aromatic heterocycles. The molecule has 0 spiro atoms. The Morgan fingerprint density at radius 3 is 2.44 bits per heavy atom. The monoisotopic (exact) mass is 370 g/mol. The molecule has 144 valence electrons. The first-order chi connectivity index (χ1) is 13.0. The number of aromatic nitrogens is 2. The number of amides is 2. The fourth-order valence-corrected chi connectivity index (χ4v) is 4.22. The minimum absolute atomic E-state index is 0.0116. The van der Waals surface area contributed by atoms with Crippen LogP contribution in [0.15, 0.2) is 24.3 Å².